The van der Waals surface area contributed by atoms with E-state index in [1.54, 1.807) is 20.8 Å². The van der Waals surface area contributed by atoms with Crippen molar-refractivity contribution in [3.63, 3.8) is 0 Å². The van der Waals surface area contributed by atoms with Gasteiger partial charge in [0.1, 0.15) is 0 Å². The minimum atomic E-state index is -3.16. The average Bonchev–Trinajstić information content (AvgIpc) is 3.85. The van der Waals surface area contributed by atoms with E-state index in [0.29, 0.717) is 0 Å². The van der Waals surface area contributed by atoms with Crippen molar-refractivity contribution in [2.75, 3.05) is 0 Å². The lowest BCUT2D eigenvalue weighted by Crippen LogP contribution is -2.50. The summed E-state index contributed by atoms with van der Waals surface area (Å²) in [6.45, 7) is 7.86. The van der Waals surface area contributed by atoms with Crippen molar-refractivity contribution in [3.8, 4) is 0 Å². The first kappa shape index (κ1) is 34.0. The van der Waals surface area contributed by atoms with E-state index in [-0.39, 0.29) is 60.1 Å². The van der Waals surface area contributed by atoms with Gasteiger partial charge in [0.2, 0.25) is 23.6 Å². The molecular weight excluding hydrogens is 647 g/mol. The van der Waals surface area contributed by atoms with Gasteiger partial charge in [0.15, 0.2) is 0 Å². The van der Waals surface area contributed by atoms with Gasteiger partial charge in [-0.2, -0.15) is 0 Å². The first-order valence-corrected chi connectivity index (χ1v) is 17.4. The summed E-state index contributed by atoms with van der Waals surface area (Å²) in [7, 11) is -3.16. The van der Waals surface area contributed by atoms with Gasteiger partial charge in [0.05, 0.1) is 35.5 Å². The Bertz CT molecular complexity index is 1490. The van der Waals surface area contributed by atoms with E-state index in [1.807, 2.05) is 24.3 Å². The molecular formula is C33H39N2O12P. The molecule has 2 saturated carbocycles. The van der Waals surface area contributed by atoms with Crippen LogP contribution in [0.1, 0.15) is 60.3 Å². The van der Waals surface area contributed by atoms with Crippen LogP contribution in [-0.2, 0) is 51.9 Å². The lowest BCUT2D eigenvalue weighted by Gasteiger charge is -2.36. The zero-order chi connectivity index (χ0) is 35.0. The molecule has 4 aliphatic carbocycles. The number of nitrogens with zero attached hydrogens (tertiary/aromatic N) is 2. The standard InChI is InChI=1S/C33H39N2O12P/c1-14(10-16(3)34-25(36)21-17-6-7-18(11-17)22(21)26(34)37)30(42)45-48(47-32(44)29(40)41)46-31(43)15(2)13-33(4,5)35-27(38)23-19-8-9-20(12-19)24(23)28(35)39/h6-9,14-24H,10-13H2,1-5H3,(H,40,41). The third-order valence-corrected chi connectivity index (χ3v) is 12.0. The number of aliphatic carboxylic acids is 1. The molecule has 6 rings (SSSR count). The predicted octanol–water partition coefficient (Wildman–Crippen LogP) is 2.76. The van der Waals surface area contributed by atoms with Gasteiger partial charge in [0, 0.05) is 11.6 Å². The van der Waals surface area contributed by atoms with Crippen LogP contribution in [0.25, 0.3) is 0 Å². The number of carbonyl (C=O) groups excluding carboxylic acids is 7. The highest BCUT2D eigenvalue weighted by Crippen LogP contribution is 2.55. The molecule has 15 heteroatoms. The highest BCUT2D eigenvalue weighted by atomic mass is 31.2. The third kappa shape index (κ3) is 5.55. The number of amides is 4. The van der Waals surface area contributed by atoms with Crippen molar-refractivity contribution in [3.05, 3.63) is 24.3 Å². The van der Waals surface area contributed by atoms with E-state index in [1.165, 1.54) is 23.6 Å². The molecule has 48 heavy (non-hydrogen) atoms. The maximum Gasteiger partial charge on any atom is 0.537 e. The zero-order valence-electron chi connectivity index (χ0n) is 27.3. The first-order valence-electron chi connectivity index (χ1n) is 16.3. The van der Waals surface area contributed by atoms with E-state index < -0.39 is 79.6 Å². The highest BCUT2D eigenvalue weighted by Gasteiger charge is 2.62. The molecule has 12 unspecified atom stereocenters. The smallest absolute Gasteiger partial charge is 0.473 e. The SMILES string of the molecule is CC(CC(C)N1C(=O)C2C3C=CC(C3)C2C1=O)C(=O)OP(OC(=O)C(=O)O)OC(=O)C(C)CC(C)(C)N1C(=O)C2C3C=CC(C3)C2C1=O. The predicted molar refractivity (Wildman–Crippen MR) is 163 cm³/mol. The second-order valence-electron chi connectivity index (χ2n) is 14.7. The van der Waals surface area contributed by atoms with Crippen LogP contribution in [0, 0.1) is 59.2 Å². The van der Waals surface area contributed by atoms with Crippen LogP contribution in [0.4, 0.5) is 0 Å². The summed E-state index contributed by atoms with van der Waals surface area (Å²) >= 11 is 0. The minimum Gasteiger partial charge on any atom is -0.473 e. The molecule has 0 aromatic carbocycles. The average molecular weight is 687 g/mol. The van der Waals surface area contributed by atoms with Gasteiger partial charge in [-0.25, -0.2) is 9.59 Å². The molecule has 0 aromatic heterocycles. The van der Waals surface area contributed by atoms with Gasteiger partial charge in [0.25, 0.3) is 0 Å². The summed E-state index contributed by atoms with van der Waals surface area (Å²) in [5.41, 5.74) is -1.10. The quantitative estimate of drug-likeness (QED) is 0.145. The Hall–Kier alpha value is -3.93. The van der Waals surface area contributed by atoms with Crippen LogP contribution in [-0.4, -0.2) is 74.0 Å². The maximum atomic E-state index is 13.4. The molecule has 0 spiro atoms. The molecule has 4 amide bonds. The number of carboxylic acids is 1. The number of carbonyl (C=O) groups is 8. The number of rotatable bonds is 11. The summed E-state index contributed by atoms with van der Waals surface area (Å²) < 4.78 is 15.1. The highest BCUT2D eigenvalue weighted by molar-refractivity contribution is 7.43. The number of carboxylic acid groups (broad SMARTS) is 1. The molecule has 258 valence electrons. The van der Waals surface area contributed by atoms with Crippen molar-refractivity contribution < 1.29 is 57.0 Å². The largest absolute Gasteiger partial charge is 0.537 e. The van der Waals surface area contributed by atoms with E-state index in [2.05, 4.69) is 0 Å². The fraction of sp³-hybridized carbons (Fsp3) is 0.636. The molecule has 12 atom stereocenters. The molecule has 0 radical (unpaired) electrons. The number of hydrogen-bond acceptors (Lipinski definition) is 11. The number of imide groups is 2. The monoisotopic (exact) mass is 686 g/mol. The Morgan fingerprint density at radius 3 is 1.60 bits per heavy atom. The van der Waals surface area contributed by atoms with Gasteiger partial charge < -0.3 is 18.7 Å². The van der Waals surface area contributed by atoms with E-state index in [0.717, 1.165) is 12.8 Å². The zero-order valence-corrected chi connectivity index (χ0v) is 28.2. The van der Waals surface area contributed by atoms with E-state index >= 15 is 0 Å². The number of allylic oxidation sites excluding steroid dienone is 4. The molecule has 2 saturated heterocycles. The summed E-state index contributed by atoms with van der Waals surface area (Å²) in [6, 6.07) is -0.670. The fourth-order valence-corrected chi connectivity index (χ4v) is 9.96. The Balaban J connectivity index is 1.07. The summed E-state index contributed by atoms with van der Waals surface area (Å²) in [5, 5.41) is 9.06. The Morgan fingerprint density at radius 2 is 1.17 bits per heavy atom. The van der Waals surface area contributed by atoms with Crippen LogP contribution >= 0.6 is 8.60 Å². The first-order chi connectivity index (χ1) is 22.5. The summed E-state index contributed by atoms with van der Waals surface area (Å²) in [6.07, 6.45) is 9.41. The normalized spacial score (nSPS) is 33.5. The van der Waals surface area contributed by atoms with Crippen LogP contribution < -0.4 is 0 Å². The second-order valence-corrected chi connectivity index (χ2v) is 15.7. The van der Waals surface area contributed by atoms with Crippen molar-refractivity contribution >= 4 is 56.1 Å². The maximum absolute atomic E-state index is 13.4. The molecule has 1 N–H and O–H groups in total. The molecule has 4 fully saturated rings. The molecule has 4 bridgehead atoms. The lowest BCUT2D eigenvalue weighted by molar-refractivity contribution is -0.160. The Kier molecular flexibility index (Phi) is 8.62. The Labute approximate surface area is 278 Å². The van der Waals surface area contributed by atoms with Gasteiger partial charge >= 0.3 is 32.5 Å². The van der Waals surface area contributed by atoms with Crippen molar-refractivity contribution in [1.29, 1.82) is 0 Å². The Morgan fingerprint density at radius 1 is 0.750 bits per heavy atom. The van der Waals surface area contributed by atoms with Crippen LogP contribution in [0.15, 0.2) is 24.3 Å². The van der Waals surface area contributed by atoms with E-state index in [4.69, 9.17) is 18.7 Å². The van der Waals surface area contributed by atoms with Crippen molar-refractivity contribution in [1.82, 2.24) is 9.80 Å². The molecule has 14 nitrogen and oxygen atoms in total. The molecule has 2 aliphatic heterocycles. The number of likely N-dealkylation sites (tertiary alicyclic amines) is 2. The fourth-order valence-electron chi connectivity index (χ4n) is 8.99. The van der Waals surface area contributed by atoms with E-state index in [9.17, 15) is 38.4 Å². The van der Waals surface area contributed by atoms with Gasteiger partial charge in [-0.3, -0.25) is 38.6 Å². The summed E-state index contributed by atoms with van der Waals surface area (Å²) in [4.78, 5) is 105. The van der Waals surface area contributed by atoms with Gasteiger partial charge in [-0.15, -0.1) is 0 Å². The summed E-state index contributed by atoms with van der Waals surface area (Å²) in [5.74, 6) is -10.5. The minimum absolute atomic E-state index is 0.00970. The molecule has 2 heterocycles. The van der Waals surface area contributed by atoms with Crippen LogP contribution in [0.2, 0.25) is 0 Å². The molecule has 0 aromatic rings. The van der Waals surface area contributed by atoms with Gasteiger partial charge in [-0.05, 0) is 70.1 Å². The van der Waals surface area contributed by atoms with Crippen molar-refractivity contribution in [2.24, 2.45) is 59.2 Å². The van der Waals surface area contributed by atoms with Crippen molar-refractivity contribution in [2.45, 2.75) is 71.9 Å². The van der Waals surface area contributed by atoms with Gasteiger partial charge in [-0.1, -0.05) is 38.2 Å². The second kappa shape index (κ2) is 12.2. The topological polar surface area (TPSA) is 191 Å². The van der Waals surface area contributed by atoms with Crippen LogP contribution in [0.5, 0.6) is 0 Å². The number of fused-ring (bicyclic) bond motifs is 10. The number of hydrogen-bond donors (Lipinski definition) is 1. The van der Waals surface area contributed by atoms with Crippen LogP contribution in [0.3, 0.4) is 0 Å². The third-order valence-electron chi connectivity index (χ3n) is 11.0. The molecule has 6 aliphatic rings. The lowest BCUT2D eigenvalue weighted by atomic mass is 9.85.